The minimum atomic E-state index is -5.43. The zero-order chi connectivity index (χ0) is 34.6. The molecular formula is C25H14Cl5F12LiO. The van der Waals surface area contributed by atoms with Crippen molar-refractivity contribution in [1.29, 1.82) is 0 Å². The number of benzene rings is 2. The van der Waals surface area contributed by atoms with Gasteiger partial charge in [-0.2, -0.15) is 0 Å². The second kappa shape index (κ2) is 12.9. The average Bonchev–Trinajstić information content (AvgIpc) is 2.86. The van der Waals surface area contributed by atoms with Crippen molar-refractivity contribution >= 4 is 75.7 Å². The number of halogens is 17. The molecular weight excluding hydrogens is 728 g/mol. The van der Waals surface area contributed by atoms with E-state index < -0.39 is 87.2 Å². The third-order valence-corrected chi connectivity index (χ3v) is 9.13. The molecule has 3 rings (SSSR count). The van der Waals surface area contributed by atoms with E-state index in [0.717, 1.165) is 17.7 Å². The molecule has 0 aromatic heterocycles. The Kier molecular flexibility index (Phi) is 11.6. The van der Waals surface area contributed by atoms with Crippen molar-refractivity contribution in [3.05, 3.63) is 89.9 Å². The van der Waals surface area contributed by atoms with Gasteiger partial charge in [-0.1, -0.05) is 0 Å². The molecule has 0 amide bonds. The van der Waals surface area contributed by atoms with Crippen LogP contribution in [0, 0.1) is 0 Å². The molecule has 0 radical (unpaired) electrons. The Labute approximate surface area is 275 Å². The molecule has 0 fully saturated rings. The molecule has 0 bridgehead atoms. The average molecular weight is 743 g/mol. The topological polar surface area (TPSA) is 20.2 Å². The first-order valence-corrected chi connectivity index (χ1v) is 13.5. The van der Waals surface area contributed by atoms with Gasteiger partial charge in [-0.05, 0) is 13.8 Å². The predicted molar refractivity (Wildman–Crippen MR) is 143 cm³/mol. The molecule has 0 saturated heterocycles. The van der Waals surface area contributed by atoms with Crippen molar-refractivity contribution < 1.29 is 57.8 Å². The van der Waals surface area contributed by atoms with Crippen molar-refractivity contribution in [2.24, 2.45) is 0 Å². The predicted octanol–water partition coefficient (Wildman–Crippen LogP) is 11.0. The summed E-state index contributed by atoms with van der Waals surface area (Å²) in [6, 6.07) is -0.0779. The minimum absolute atomic E-state index is 0.0920. The fourth-order valence-corrected chi connectivity index (χ4v) is 5.93. The Morgan fingerprint density at radius 3 is 1.09 bits per heavy atom. The van der Waals surface area contributed by atoms with Crippen LogP contribution in [0.4, 0.5) is 52.7 Å². The van der Waals surface area contributed by atoms with E-state index in [0.29, 0.717) is 0 Å². The SMILES string of the molecule is CC(C)O.[Li][C]1(c2cc(C(F)(F)F)cc(C(F)(F)F)c2)C(Cl)=C(Cl)C(Cl)=C(Cl)C1(Cl)c1cc(C(F)(F)F)cc(C(F)(F)F)c1. The molecule has 2 aromatic carbocycles. The first-order valence-electron chi connectivity index (χ1n) is 11.6. The summed E-state index contributed by atoms with van der Waals surface area (Å²) in [4.78, 5) is -3.06. The Balaban J connectivity index is 0.00000159. The van der Waals surface area contributed by atoms with Crippen LogP contribution in [0.15, 0.2) is 56.5 Å². The number of alkyl halides is 13. The second-order valence-corrected chi connectivity index (χ2v) is 11.8. The summed E-state index contributed by atoms with van der Waals surface area (Å²) < 4.78 is 161. The van der Waals surface area contributed by atoms with Gasteiger partial charge in [0.15, 0.2) is 0 Å². The van der Waals surface area contributed by atoms with E-state index in [1.165, 1.54) is 0 Å². The number of hydrogen-bond acceptors (Lipinski definition) is 1. The first kappa shape index (κ1) is 39.3. The van der Waals surface area contributed by atoms with Crippen molar-refractivity contribution in [3.63, 3.8) is 0 Å². The summed E-state index contributed by atoms with van der Waals surface area (Å²) in [7, 11) is 0. The summed E-state index contributed by atoms with van der Waals surface area (Å²) >= 11 is 32.0. The van der Waals surface area contributed by atoms with Crippen LogP contribution in [0.3, 0.4) is 0 Å². The van der Waals surface area contributed by atoms with Crippen molar-refractivity contribution in [2.45, 2.75) is 53.6 Å². The maximum absolute atomic E-state index is 13.6. The zero-order valence-electron chi connectivity index (χ0n) is 21.9. The van der Waals surface area contributed by atoms with Crippen LogP contribution in [0.1, 0.15) is 47.2 Å². The van der Waals surface area contributed by atoms with Crippen LogP contribution < -0.4 is 0 Å². The Morgan fingerprint density at radius 2 is 0.818 bits per heavy atom. The Bertz CT molecular complexity index is 1300. The van der Waals surface area contributed by atoms with Gasteiger partial charge in [0.1, 0.15) is 0 Å². The van der Waals surface area contributed by atoms with Crippen molar-refractivity contribution in [2.75, 3.05) is 0 Å². The van der Waals surface area contributed by atoms with Gasteiger partial charge in [0.2, 0.25) is 0 Å². The zero-order valence-corrected chi connectivity index (χ0v) is 25.7. The molecule has 19 heteroatoms. The van der Waals surface area contributed by atoms with E-state index in [-0.39, 0.29) is 42.5 Å². The monoisotopic (exact) mass is 740 g/mol. The van der Waals surface area contributed by atoms with Crippen molar-refractivity contribution in [3.8, 4) is 0 Å². The Morgan fingerprint density at radius 1 is 0.568 bits per heavy atom. The molecule has 1 N–H and O–H groups in total. The van der Waals surface area contributed by atoms with Gasteiger partial charge < -0.3 is 5.11 Å². The normalized spacial score (nSPS) is 22.0. The van der Waals surface area contributed by atoms with Crippen LogP contribution in [-0.2, 0) is 33.7 Å². The molecule has 1 nitrogen and oxygen atoms in total. The Hall–Kier alpha value is -0.913. The molecule has 2 atom stereocenters. The molecule has 0 heterocycles. The van der Waals surface area contributed by atoms with E-state index in [2.05, 4.69) is 0 Å². The van der Waals surface area contributed by atoms with Crippen LogP contribution in [0.5, 0.6) is 0 Å². The fraction of sp³-hybridized carbons (Fsp3) is 0.360. The summed E-state index contributed by atoms with van der Waals surface area (Å²) in [5.41, 5.74) is -9.84. The van der Waals surface area contributed by atoms with E-state index in [4.69, 9.17) is 63.1 Å². The number of rotatable bonds is 2. The van der Waals surface area contributed by atoms with Crippen LogP contribution in [0.2, 0.25) is 0 Å². The number of aliphatic hydroxyl groups is 1. The van der Waals surface area contributed by atoms with Gasteiger partial charge in [-0.25, -0.2) is 0 Å². The molecule has 240 valence electrons. The second-order valence-electron chi connectivity index (χ2n) is 9.72. The molecule has 1 aliphatic carbocycles. The third-order valence-electron chi connectivity index (χ3n) is 6.16. The standard InChI is InChI=1S/C22H6Cl5F12.C3H8O.Li/c23-14-13(7-1-9(19(28,29)30)5-10(2-7)20(31,32)33)18(27,17(26)16(25)15(14)24)8-3-11(21(34,35)36)6-12(4-8)22(37,38)39;1-3(2)4;/h1-6H;3-4H,1-2H3;. The quantitative estimate of drug-likeness (QED) is 0.185. The van der Waals surface area contributed by atoms with Gasteiger partial charge in [0.25, 0.3) is 0 Å². The maximum atomic E-state index is 13.6. The van der Waals surface area contributed by atoms with Gasteiger partial charge in [-0.15, -0.1) is 0 Å². The van der Waals surface area contributed by atoms with Crippen LogP contribution in [0.25, 0.3) is 0 Å². The molecule has 44 heavy (non-hydrogen) atoms. The van der Waals surface area contributed by atoms with Gasteiger partial charge in [0.05, 0.1) is 0 Å². The molecule has 0 spiro atoms. The van der Waals surface area contributed by atoms with Gasteiger partial charge in [0, 0.05) is 6.10 Å². The summed E-state index contributed by atoms with van der Waals surface area (Å²) in [5, 5.41) is 4.51. The first-order chi connectivity index (χ1) is 19.5. The van der Waals surface area contributed by atoms with E-state index in [1.54, 1.807) is 13.8 Å². The van der Waals surface area contributed by atoms with E-state index in [1.807, 2.05) is 0 Å². The molecule has 2 aromatic rings. The van der Waals surface area contributed by atoms with Crippen molar-refractivity contribution in [1.82, 2.24) is 0 Å². The molecule has 0 saturated carbocycles. The van der Waals surface area contributed by atoms with Crippen LogP contribution >= 0.6 is 58.0 Å². The molecule has 0 aliphatic heterocycles. The fourth-order valence-electron chi connectivity index (χ4n) is 4.07. The number of aliphatic hydroxyl groups excluding tert-OH is 1. The van der Waals surface area contributed by atoms with Gasteiger partial charge in [-0.3, -0.25) is 0 Å². The summed E-state index contributed by atoms with van der Waals surface area (Å²) in [6.07, 6.45) is -21.8. The van der Waals surface area contributed by atoms with Crippen LogP contribution in [-0.4, -0.2) is 28.9 Å². The van der Waals surface area contributed by atoms with E-state index in [9.17, 15) is 52.7 Å². The van der Waals surface area contributed by atoms with Gasteiger partial charge >= 0.3 is 252 Å². The molecule has 2 unspecified atom stereocenters. The number of hydrogen-bond donors (Lipinski definition) is 1. The molecule has 1 aliphatic rings. The summed E-state index contributed by atoms with van der Waals surface area (Å²) in [6.45, 7) is 3.44. The number of allylic oxidation sites excluding steroid dienone is 4. The van der Waals surface area contributed by atoms with E-state index >= 15 is 0 Å². The summed E-state index contributed by atoms with van der Waals surface area (Å²) in [5.74, 6) is 0. The third kappa shape index (κ3) is 7.79.